The lowest BCUT2D eigenvalue weighted by molar-refractivity contribution is 0.0220. The van der Waals surface area contributed by atoms with E-state index >= 15 is 0 Å². The highest BCUT2D eigenvalue weighted by molar-refractivity contribution is 6.92. The van der Waals surface area contributed by atoms with Crippen molar-refractivity contribution in [1.82, 2.24) is 5.32 Å². The average molecular weight is 392 g/mol. The maximum Gasteiger partial charge on any atom is 0.407 e. The van der Waals surface area contributed by atoms with Crippen molar-refractivity contribution in [3.05, 3.63) is 43.0 Å². The minimum Gasteiger partial charge on any atom is -0.444 e. The number of rotatable bonds is 8. The smallest absolute Gasteiger partial charge is 0.407 e. The number of aliphatic hydroxyl groups is 1. The van der Waals surface area contributed by atoms with Gasteiger partial charge in [0.2, 0.25) is 0 Å². The maximum absolute atomic E-state index is 12.5. The molecule has 0 fully saturated rings. The quantitative estimate of drug-likeness (QED) is 0.510. The van der Waals surface area contributed by atoms with E-state index in [0.717, 1.165) is 11.6 Å². The Morgan fingerprint density at radius 2 is 1.85 bits per heavy atom. The van der Waals surface area contributed by atoms with E-state index in [0.29, 0.717) is 6.42 Å². The summed E-state index contributed by atoms with van der Waals surface area (Å²) >= 11 is 0. The highest BCUT2D eigenvalue weighted by atomic mass is 28.3. The largest absolute Gasteiger partial charge is 0.444 e. The fourth-order valence-electron chi connectivity index (χ4n) is 3.50. The van der Waals surface area contributed by atoms with E-state index in [4.69, 9.17) is 4.74 Å². The van der Waals surface area contributed by atoms with Crippen LogP contribution in [0.3, 0.4) is 0 Å². The molecule has 0 saturated heterocycles. The molecular weight excluding hydrogens is 354 g/mol. The molecule has 0 aliphatic carbocycles. The second kappa shape index (κ2) is 9.07. The minimum atomic E-state index is -2.41. The molecule has 152 valence electrons. The van der Waals surface area contributed by atoms with Crippen LogP contribution in [0.2, 0.25) is 13.1 Å². The molecule has 27 heavy (non-hydrogen) atoms. The number of nitrogens with one attached hydrogen (secondary N) is 1. The van der Waals surface area contributed by atoms with Crippen molar-refractivity contribution in [2.24, 2.45) is 5.92 Å². The van der Waals surface area contributed by atoms with Crippen molar-refractivity contribution in [3.8, 4) is 0 Å². The van der Waals surface area contributed by atoms with Crippen LogP contribution >= 0.6 is 0 Å². The molecule has 0 radical (unpaired) electrons. The molecule has 1 unspecified atom stereocenters. The van der Waals surface area contributed by atoms with Crippen molar-refractivity contribution < 1.29 is 14.6 Å². The third kappa shape index (κ3) is 5.69. The van der Waals surface area contributed by atoms with Gasteiger partial charge in [0.05, 0.1) is 11.3 Å². The van der Waals surface area contributed by atoms with Crippen LogP contribution in [0, 0.1) is 5.92 Å². The van der Waals surface area contributed by atoms with Gasteiger partial charge in [-0.15, -0.1) is 6.58 Å². The van der Waals surface area contributed by atoms with Crippen LogP contribution in [0.15, 0.2) is 43.0 Å². The summed E-state index contributed by atoms with van der Waals surface area (Å²) in [6.45, 7) is 17.8. The van der Waals surface area contributed by atoms with E-state index in [1.165, 1.54) is 0 Å². The van der Waals surface area contributed by atoms with E-state index < -0.39 is 31.0 Å². The fourth-order valence-corrected chi connectivity index (χ4v) is 6.81. The average Bonchev–Trinajstić information content (AvgIpc) is 2.58. The SMILES string of the molecule is C=CC[C@](O)([C@@H](NC(=O)OC(C)(C)C)C(C)CC)[Si](C)(C)c1ccccc1. The lowest BCUT2D eigenvalue weighted by atomic mass is 9.92. The van der Waals surface area contributed by atoms with E-state index in [2.05, 4.69) is 51.0 Å². The number of benzene rings is 1. The van der Waals surface area contributed by atoms with Gasteiger partial charge in [-0.25, -0.2) is 4.79 Å². The van der Waals surface area contributed by atoms with Gasteiger partial charge in [-0.05, 0) is 33.1 Å². The topological polar surface area (TPSA) is 58.6 Å². The van der Waals surface area contributed by atoms with E-state index in [9.17, 15) is 9.90 Å². The first-order chi connectivity index (χ1) is 12.4. The molecule has 0 heterocycles. The lowest BCUT2D eigenvalue weighted by Gasteiger charge is -2.48. The fraction of sp³-hybridized carbons (Fsp3) is 0.591. The summed E-state index contributed by atoms with van der Waals surface area (Å²) in [7, 11) is -2.41. The lowest BCUT2D eigenvalue weighted by Crippen LogP contribution is -2.72. The van der Waals surface area contributed by atoms with E-state index in [1.54, 1.807) is 6.08 Å². The number of hydrogen-bond acceptors (Lipinski definition) is 3. The number of carbonyl (C=O) groups is 1. The Morgan fingerprint density at radius 1 is 1.30 bits per heavy atom. The summed E-state index contributed by atoms with van der Waals surface area (Å²) in [5, 5.41) is 15.1. The minimum absolute atomic E-state index is 0.0814. The number of ether oxygens (including phenoxy) is 1. The number of alkyl carbamates (subject to hydrolysis) is 1. The predicted octanol–water partition coefficient (Wildman–Crippen LogP) is 4.39. The molecule has 2 N–H and O–H groups in total. The Bertz CT molecular complexity index is 624. The Kier molecular flexibility index (Phi) is 7.87. The van der Waals surface area contributed by atoms with Crippen molar-refractivity contribution >= 4 is 19.4 Å². The molecule has 1 amide bonds. The molecule has 4 nitrogen and oxygen atoms in total. The standard InChI is InChI=1S/C22H37NO3Si/c1-9-16-22(25,27(7,8)18-14-12-11-13-15-18)19(17(3)10-2)23-20(24)26-21(4,5)6/h9,11-15,17,19,25H,1,10,16H2,2-8H3,(H,23,24)/t17?,19-,22+/m0/s1. The molecule has 5 heteroatoms. The van der Waals surface area contributed by atoms with Crippen LogP contribution in [0.25, 0.3) is 0 Å². The van der Waals surface area contributed by atoms with Gasteiger partial charge in [0.25, 0.3) is 0 Å². The van der Waals surface area contributed by atoms with Gasteiger partial charge in [0, 0.05) is 0 Å². The molecular formula is C22H37NO3Si. The Hall–Kier alpha value is -1.59. The van der Waals surface area contributed by atoms with Crippen molar-refractivity contribution in [2.45, 2.75) is 77.4 Å². The zero-order valence-corrected chi connectivity index (χ0v) is 19.0. The van der Waals surface area contributed by atoms with Crippen LogP contribution in [-0.4, -0.2) is 36.1 Å². The van der Waals surface area contributed by atoms with Crippen LogP contribution in [-0.2, 0) is 4.74 Å². The summed E-state index contributed by atoms with van der Waals surface area (Å²) in [6.07, 6.45) is 2.50. The van der Waals surface area contributed by atoms with Gasteiger partial charge in [-0.1, -0.05) is 75.0 Å². The highest BCUT2D eigenvalue weighted by Gasteiger charge is 2.53. The molecule has 1 aromatic rings. The van der Waals surface area contributed by atoms with Crippen molar-refractivity contribution in [3.63, 3.8) is 0 Å². The molecule has 0 aliphatic heterocycles. The zero-order valence-electron chi connectivity index (χ0n) is 18.0. The molecule has 0 bridgehead atoms. The molecule has 0 saturated carbocycles. The van der Waals surface area contributed by atoms with Crippen molar-refractivity contribution in [2.75, 3.05) is 0 Å². The zero-order chi connectivity index (χ0) is 20.9. The predicted molar refractivity (Wildman–Crippen MR) is 116 cm³/mol. The van der Waals surface area contributed by atoms with Crippen molar-refractivity contribution in [1.29, 1.82) is 0 Å². The van der Waals surface area contributed by atoms with Gasteiger partial charge in [0.15, 0.2) is 0 Å². The number of hydrogen-bond donors (Lipinski definition) is 2. The first kappa shape index (κ1) is 23.4. The first-order valence-electron chi connectivity index (χ1n) is 9.77. The van der Waals surface area contributed by atoms with Gasteiger partial charge in [-0.3, -0.25) is 0 Å². The normalized spacial score (nSPS) is 16.7. The molecule has 1 aromatic carbocycles. The second-order valence-corrected chi connectivity index (χ2v) is 13.6. The Labute approximate surface area is 166 Å². The third-order valence-corrected chi connectivity index (χ3v) is 9.89. The van der Waals surface area contributed by atoms with E-state index in [1.807, 2.05) is 39.0 Å². The van der Waals surface area contributed by atoms with Gasteiger partial charge in [0.1, 0.15) is 13.7 Å². The third-order valence-electron chi connectivity index (χ3n) is 5.43. The van der Waals surface area contributed by atoms with Crippen LogP contribution in [0.1, 0.15) is 47.5 Å². The summed E-state index contributed by atoms with van der Waals surface area (Å²) in [5.41, 5.74) is -0.590. The maximum atomic E-state index is 12.5. The summed E-state index contributed by atoms with van der Waals surface area (Å²) in [6, 6.07) is 9.68. The van der Waals surface area contributed by atoms with Crippen LogP contribution in [0.4, 0.5) is 4.79 Å². The molecule has 3 atom stereocenters. The van der Waals surface area contributed by atoms with Gasteiger partial charge < -0.3 is 15.2 Å². The van der Waals surface area contributed by atoms with Gasteiger partial charge >= 0.3 is 6.09 Å². The molecule has 1 rings (SSSR count). The second-order valence-electron chi connectivity index (χ2n) is 8.92. The molecule has 0 spiro atoms. The number of amides is 1. The summed E-state index contributed by atoms with van der Waals surface area (Å²) < 4.78 is 5.48. The Balaban J connectivity index is 3.37. The number of carbonyl (C=O) groups excluding carboxylic acids is 1. The highest BCUT2D eigenvalue weighted by Crippen LogP contribution is 2.33. The molecule has 0 aromatic heterocycles. The Morgan fingerprint density at radius 3 is 2.30 bits per heavy atom. The van der Waals surface area contributed by atoms with Crippen LogP contribution in [0.5, 0.6) is 0 Å². The monoisotopic (exact) mass is 391 g/mol. The van der Waals surface area contributed by atoms with Gasteiger partial charge in [-0.2, -0.15) is 0 Å². The molecule has 0 aliphatic rings. The first-order valence-corrected chi connectivity index (χ1v) is 12.8. The van der Waals surface area contributed by atoms with E-state index in [-0.39, 0.29) is 5.92 Å². The summed E-state index contributed by atoms with van der Waals surface area (Å²) in [4.78, 5) is 12.5. The summed E-state index contributed by atoms with van der Waals surface area (Å²) in [5.74, 6) is 0.0814. The van der Waals surface area contributed by atoms with Crippen LogP contribution < -0.4 is 10.5 Å².